The van der Waals surface area contributed by atoms with E-state index in [1.54, 1.807) is 0 Å². The Labute approximate surface area is 298 Å². The monoisotopic (exact) mass is 704 g/mol. The lowest BCUT2D eigenvalue weighted by Gasteiger charge is -2.20. The molecule has 8 heteroatoms. The van der Waals surface area contributed by atoms with Crippen LogP contribution in [0.3, 0.4) is 0 Å². The quantitative estimate of drug-likeness (QED) is 0.0373. The van der Waals surface area contributed by atoms with E-state index in [1.807, 2.05) is 21.5 Å². The summed E-state index contributed by atoms with van der Waals surface area (Å²) in [6, 6.07) is 30.2. The second-order valence-electron chi connectivity index (χ2n) is 13.3. The number of benzene rings is 2. The number of hydrogen-bond donors (Lipinski definition) is 2. The van der Waals surface area contributed by atoms with Crippen molar-refractivity contribution in [2.75, 3.05) is 12.8 Å². The highest BCUT2D eigenvalue weighted by Gasteiger charge is 2.19. The Morgan fingerprint density at radius 3 is 1.65 bits per heavy atom. The minimum absolute atomic E-state index is 0.0248. The number of rotatable bonds is 22. The maximum atomic E-state index is 10.5. The second-order valence-corrected chi connectivity index (χ2v) is 15.5. The van der Waals surface area contributed by atoms with Crippen molar-refractivity contribution >= 4 is 17.6 Å². The van der Waals surface area contributed by atoms with Gasteiger partial charge in [0.1, 0.15) is 0 Å². The zero-order valence-corrected chi connectivity index (χ0v) is 31.8. The number of pyridine rings is 2. The average molecular weight is 705 g/mol. The van der Waals surface area contributed by atoms with Crippen LogP contribution >= 0.6 is 17.6 Å². The number of aromatic nitrogens is 2. The van der Waals surface area contributed by atoms with Gasteiger partial charge in [0, 0.05) is 33.1 Å². The molecule has 8 unspecified atom stereocenters. The van der Waals surface area contributed by atoms with Crippen LogP contribution in [0.15, 0.2) is 110 Å². The van der Waals surface area contributed by atoms with Crippen LogP contribution in [0.5, 0.6) is 0 Å². The van der Waals surface area contributed by atoms with Gasteiger partial charge in [-0.25, -0.2) is 4.57 Å². The van der Waals surface area contributed by atoms with Crippen LogP contribution < -0.4 is 9.13 Å². The van der Waals surface area contributed by atoms with Crippen molar-refractivity contribution in [3.63, 3.8) is 0 Å². The highest BCUT2D eigenvalue weighted by Crippen LogP contribution is 2.33. The van der Waals surface area contributed by atoms with E-state index in [0.29, 0.717) is 43.4 Å². The lowest BCUT2D eigenvalue weighted by Crippen LogP contribution is -2.39. The minimum Gasteiger partial charge on any atom is -0.380 e. The van der Waals surface area contributed by atoms with Gasteiger partial charge in [0.05, 0.1) is 15.4 Å². The zero-order valence-electron chi connectivity index (χ0n) is 29.8. The van der Waals surface area contributed by atoms with E-state index in [4.69, 9.17) is 9.05 Å². The molecule has 0 amide bonds. The SMILES string of the molecule is CCC(CC(C)c1cc[n+](CC(O)OPCCCOPC(O)C[n+]2ccc(C(CC)CC(C)c3ccccc3)cc2)cc1)c1ccccc1. The fraction of sp³-hybridized carbons (Fsp3) is 0.463. The first-order chi connectivity index (χ1) is 23.9. The smallest absolute Gasteiger partial charge is 0.218 e. The van der Waals surface area contributed by atoms with Crippen molar-refractivity contribution in [2.45, 2.75) is 109 Å². The van der Waals surface area contributed by atoms with E-state index in [9.17, 15) is 10.2 Å². The Hall–Kier alpha value is -2.56. The first-order valence-corrected chi connectivity index (χ1v) is 20.2. The molecule has 2 N–H and O–H groups in total. The van der Waals surface area contributed by atoms with E-state index < -0.39 is 12.1 Å². The molecule has 0 saturated heterocycles. The summed E-state index contributed by atoms with van der Waals surface area (Å²) in [7, 11) is 0.228. The Morgan fingerprint density at radius 1 is 0.633 bits per heavy atom. The Bertz CT molecular complexity index is 1440. The lowest BCUT2D eigenvalue weighted by molar-refractivity contribution is -0.708. The van der Waals surface area contributed by atoms with Crippen LogP contribution in [-0.2, 0) is 22.1 Å². The molecule has 4 rings (SSSR count). The predicted molar refractivity (Wildman–Crippen MR) is 203 cm³/mol. The third-order valence-electron chi connectivity index (χ3n) is 9.49. The molecule has 6 nitrogen and oxygen atoms in total. The van der Waals surface area contributed by atoms with Crippen LogP contribution in [0.1, 0.15) is 106 Å². The van der Waals surface area contributed by atoms with Gasteiger partial charge in [0.25, 0.3) is 0 Å². The fourth-order valence-corrected chi connectivity index (χ4v) is 7.89. The maximum Gasteiger partial charge on any atom is 0.218 e. The summed E-state index contributed by atoms with van der Waals surface area (Å²) in [4.78, 5) is 0. The van der Waals surface area contributed by atoms with Gasteiger partial charge >= 0.3 is 0 Å². The maximum absolute atomic E-state index is 10.5. The molecule has 264 valence electrons. The molecule has 49 heavy (non-hydrogen) atoms. The number of aliphatic hydroxyl groups excluding tert-OH is 2. The zero-order chi connectivity index (χ0) is 34.8. The van der Waals surface area contributed by atoms with E-state index in [0.717, 1.165) is 38.3 Å². The summed E-state index contributed by atoms with van der Waals surface area (Å²) in [5, 5.41) is 21.0. The normalized spacial score (nSPS) is 15.8. The molecule has 2 aromatic carbocycles. The molecule has 0 bridgehead atoms. The number of nitrogens with zero attached hydrogens (tertiary/aromatic N) is 2. The van der Waals surface area contributed by atoms with Gasteiger partial charge < -0.3 is 19.3 Å². The van der Waals surface area contributed by atoms with Gasteiger partial charge in [-0.1, -0.05) is 88.4 Å². The van der Waals surface area contributed by atoms with Crippen molar-refractivity contribution < 1.29 is 28.4 Å². The first-order valence-electron chi connectivity index (χ1n) is 18.1. The van der Waals surface area contributed by atoms with E-state index >= 15 is 0 Å². The molecule has 0 saturated carbocycles. The van der Waals surface area contributed by atoms with Crippen molar-refractivity contribution in [1.82, 2.24) is 0 Å². The van der Waals surface area contributed by atoms with Crippen molar-refractivity contribution in [1.29, 1.82) is 0 Å². The van der Waals surface area contributed by atoms with Gasteiger partial charge in [0.2, 0.25) is 6.29 Å². The standard InChI is InChI=1S/C41H58N2O4P2/c1-5-34(38-16-11-8-12-17-38)29-33(4)37-18-22-42(23-19-37)30-40(44)47-48-27-13-26-46-49-41(45)31-43-24-20-39(21-25-43)35(6-2)28-32(3)36-14-9-7-10-15-36/h7-12,14-25,32-35,40-41,44-45,48-49H,5-6,13,26-31H2,1-4H3/q+2. The van der Waals surface area contributed by atoms with Crippen LogP contribution in [0, 0.1) is 0 Å². The summed E-state index contributed by atoms with van der Waals surface area (Å²) < 4.78 is 15.5. The van der Waals surface area contributed by atoms with Crippen molar-refractivity contribution in [3.05, 3.63) is 132 Å². The molecular weight excluding hydrogens is 646 g/mol. The molecule has 4 aromatic rings. The van der Waals surface area contributed by atoms with Gasteiger partial charge in [0.15, 0.2) is 43.7 Å². The van der Waals surface area contributed by atoms with E-state index in [-0.39, 0.29) is 17.6 Å². The van der Waals surface area contributed by atoms with E-state index in [2.05, 4.69) is 125 Å². The Balaban J connectivity index is 1.06. The molecule has 0 aliphatic heterocycles. The topological polar surface area (TPSA) is 66.7 Å². The average Bonchev–Trinajstić information content (AvgIpc) is 3.13. The van der Waals surface area contributed by atoms with Crippen molar-refractivity contribution in [2.24, 2.45) is 0 Å². The Kier molecular flexibility index (Phi) is 17.3. The minimum atomic E-state index is -0.845. The second kappa shape index (κ2) is 21.6. The third kappa shape index (κ3) is 13.6. The molecule has 2 heterocycles. The van der Waals surface area contributed by atoms with Crippen LogP contribution in [-0.4, -0.2) is 35.1 Å². The predicted octanol–water partition coefficient (Wildman–Crippen LogP) is 8.58. The third-order valence-corrected chi connectivity index (χ3v) is 11.3. The van der Waals surface area contributed by atoms with Gasteiger partial charge in [-0.3, -0.25) is 0 Å². The summed E-state index contributed by atoms with van der Waals surface area (Å²) in [6.07, 6.45) is 13.5. The molecule has 0 aliphatic carbocycles. The van der Waals surface area contributed by atoms with Crippen LogP contribution in [0.4, 0.5) is 0 Å². The molecule has 2 aromatic heterocycles. The fourth-order valence-electron chi connectivity index (χ4n) is 6.47. The Morgan fingerprint density at radius 2 is 1.10 bits per heavy atom. The summed E-state index contributed by atoms with van der Waals surface area (Å²) in [6.45, 7) is 10.6. The number of aliphatic hydroxyl groups is 2. The highest BCUT2D eigenvalue weighted by molar-refractivity contribution is 7.33. The molecule has 0 fully saturated rings. The van der Waals surface area contributed by atoms with E-state index in [1.165, 1.54) is 22.3 Å². The molecule has 0 aliphatic rings. The largest absolute Gasteiger partial charge is 0.380 e. The first kappa shape index (κ1) is 39.2. The summed E-state index contributed by atoms with van der Waals surface area (Å²) in [5.41, 5.74) is 5.47. The number of hydrogen-bond acceptors (Lipinski definition) is 4. The molecular formula is C41H58N2O4P2+2. The van der Waals surface area contributed by atoms with Gasteiger partial charge in [-0.05, 0) is 84.2 Å². The highest BCUT2D eigenvalue weighted by atomic mass is 31.1. The molecule has 8 atom stereocenters. The molecule has 0 spiro atoms. The molecule has 0 radical (unpaired) electrons. The van der Waals surface area contributed by atoms with Crippen LogP contribution in [0.2, 0.25) is 0 Å². The summed E-state index contributed by atoms with van der Waals surface area (Å²) in [5.74, 6) is 1.48. The van der Waals surface area contributed by atoms with Crippen LogP contribution in [0.25, 0.3) is 0 Å². The van der Waals surface area contributed by atoms with Gasteiger partial charge in [-0.2, -0.15) is 4.57 Å². The van der Waals surface area contributed by atoms with Crippen molar-refractivity contribution in [3.8, 4) is 0 Å². The van der Waals surface area contributed by atoms with Gasteiger partial charge in [-0.15, -0.1) is 0 Å². The summed E-state index contributed by atoms with van der Waals surface area (Å²) >= 11 is 0. The lowest BCUT2D eigenvalue weighted by atomic mass is 9.85.